The van der Waals surface area contributed by atoms with Gasteiger partial charge in [0.1, 0.15) is 5.92 Å². The van der Waals surface area contributed by atoms with Crippen molar-refractivity contribution in [2.24, 2.45) is 11.8 Å². The number of carbonyl (C=O) groups excluding carboxylic acids is 2. The van der Waals surface area contributed by atoms with Crippen LogP contribution in [-0.2, 0) is 14.4 Å². The molecule has 1 N–H and O–H groups in total. The van der Waals surface area contributed by atoms with E-state index >= 15 is 0 Å². The summed E-state index contributed by atoms with van der Waals surface area (Å²) < 4.78 is 0. The molecular weight excluding hydrogens is 308 g/mol. The van der Waals surface area contributed by atoms with E-state index in [1.807, 2.05) is 32.0 Å². The number of rotatable bonds is 3. The van der Waals surface area contributed by atoms with Crippen LogP contribution in [0.4, 0.5) is 5.69 Å². The highest BCUT2D eigenvalue weighted by atomic mass is 16.4. The fourth-order valence-corrected chi connectivity index (χ4v) is 3.44. The van der Waals surface area contributed by atoms with Crippen LogP contribution in [0, 0.1) is 25.7 Å². The van der Waals surface area contributed by atoms with E-state index in [4.69, 9.17) is 5.11 Å². The van der Waals surface area contributed by atoms with Crippen molar-refractivity contribution < 1.29 is 19.5 Å². The molecule has 2 aliphatic heterocycles. The summed E-state index contributed by atoms with van der Waals surface area (Å²) in [6, 6.07) is 5.85. The third-order valence-corrected chi connectivity index (χ3v) is 5.15. The van der Waals surface area contributed by atoms with Gasteiger partial charge in [0, 0.05) is 25.3 Å². The quantitative estimate of drug-likeness (QED) is 0.854. The molecule has 24 heavy (non-hydrogen) atoms. The average molecular weight is 330 g/mol. The molecule has 0 aliphatic carbocycles. The normalized spacial score (nSPS) is 23.8. The van der Waals surface area contributed by atoms with Crippen LogP contribution in [-0.4, -0.2) is 47.4 Å². The van der Waals surface area contributed by atoms with Gasteiger partial charge in [0.15, 0.2) is 0 Å². The SMILES string of the molecule is Cc1ccc(N2CC[C@H](C(=O)N3CC[C@@H](C(=O)O)C3)C2=O)cc1C. The highest BCUT2D eigenvalue weighted by molar-refractivity contribution is 6.09. The van der Waals surface area contributed by atoms with Crippen LogP contribution in [0.3, 0.4) is 0 Å². The van der Waals surface area contributed by atoms with Crippen molar-refractivity contribution in [2.75, 3.05) is 24.5 Å². The molecule has 0 spiro atoms. The summed E-state index contributed by atoms with van der Waals surface area (Å²) in [6.07, 6.45) is 0.946. The van der Waals surface area contributed by atoms with Crippen LogP contribution in [0.15, 0.2) is 18.2 Å². The van der Waals surface area contributed by atoms with E-state index in [1.165, 1.54) is 4.90 Å². The number of hydrogen-bond donors (Lipinski definition) is 1. The summed E-state index contributed by atoms with van der Waals surface area (Å²) in [4.78, 5) is 39.5. The Morgan fingerprint density at radius 1 is 1.12 bits per heavy atom. The Labute approximate surface area is 141 Å². The number of benzene rings is 1. The summed E-state index contributed by atoms with van der Waals surface area (Å²) in [5.41, 5.74) is 3.09. The van der Waals surface area contributed by atoms with E-state index in [0.29, 0.717) is 25.9 Å². The Morgan fingerprint density at radius 3 is 2.50 bits per heavy atom. The highest BCUT2D eigenvalue weighted by Gasteiger charge is 2.42. The van der Waals surface area contributed by atoms with E-state index < -0.39 is 17.8 Å². The molecule has 2 amide bonds. The van der Waals surface area contributed by atoms with E-state index in [1.54, 1.807) is 4.90 Å². The molecule has 6 nitrogen and oxygen atoms in total. The number of hydrogen-bond acceptors (Lipinski definition) is 3. The highest BCUT2D eigenvalue weighted by Crippen LogP contribution is 2.29. The molecule has 6 heteroatoms. The number of aliphatic carboxylic acids is 1. The van der Waals surface area contributed by atoms with Crippen molar-refractivity contribution in [2.45, 2.75) is 26.7 Å². The first-order valence-corrected chi connectivity index (χ1v) is 8.28. The maximum Gasteiger partial charge on any atom is 0.308 e. The van der Waals surface area contributed by atoms with Gasteiger partial charge in [-0.05, 0) is 49.9 Å². The number of carboxylic acid groups (broad SMARTS) is 1. The van der Waals surface area contributed by atoms with Gasteiger partial charge in [-0.2, -0.15) is 0 Å². The third-order valence-electron chi connectivity index (χ3n) is 5.15. The number of carboxylic acids is 1. The van der Waals surface area contributed by atoms with Crippen molar-refractivity contribution in [3.63, 3.8) is 0 Å². The number of anilines is 1. The summed E-state index contributed by atoms with van der Waals surface area (Å²) in [5, 5.41) is 9.06. The fourth-order valence-electron chi connectivity index (χ4n) is 3.44. The first kappa shape index (κ1) is 16.5. The molecule has 2 aliphatic rings. The van der Waals surface area contributed by atoms with Gasteiger partial charge in [-0.1, -0.05) is 6.07 Å². The molecule has 2 fully saturated rings. The standard InChI is InChI=1S/C18H22N2O4/c1-11-3-4-14(9-12(11)2)20-8-6-15(17(20)22)16(21)19-7-5-13(10-19)18(23)24/h3-4,9,13,15H,5-8,10H2,1-2H3,(H,23,24)/t13-,15-/m1/s1. The zero-order valence-corrected chi connectivity index (χ0v) is 14.0. The number of likely N-dealkylation sites (tertiary alicyclic amines) is 1. The monoisotopic (exact) mass is 330 g/mol. The lowest BCUT2D eigenvalue weighted by molar-refractivity contribution is -0.142. The van der Waals surface area contributed by atoms with Crippen LogP contribution < -0.4 is 4.90 Å². The van der Waals surface area contributed by atoms with Gasteiger partial charge < -0.3 is 14.9 Å². The Bertz CT molecular complexity index is 700. The van der Waals surface area contributed by atoms with Crippen LogP contribution in [0.1, 0.15) is 24.0 Å². The molecule has 2 heterocycles. The van der Waals surface area contributed by atoms with Gasteiger partial charge in [0.05, 0.1) is 5.92 Å². The van der Waals surface area contributed by atoms with Crippen LogP contribution in [0.25, 0.3) is 0 Å². The van der Waals surface area contributed by atoms with Crippen molar-refractivity contribution >= 4 is 23.5 Å². The maximum atomic E-state index is 12.7. The minimum atomic E-state index is -0.875. The smallest absolute Gasteiger partial charge is 0.308 e. The molecule has 0 unspecified atom stereocenters. The third kappa shape index (κ3) is 2.88. The molecule has 128 valence electrons. The molecule has 2 saturated heterocycles. The van der Waals surface area contributed by atoms with E-state index in [0.717, 1.165) is 16.8 Å². The van der Waals surface area contributed by atoms with Crippen molar-refractivity contribution in [3.05, 3.63) is 29.3 Å². The molecule has 0 radical (unpaired) electrons. The summed E-state index contributed by atoms with van der Waals surface area (Å²) in [7, 11) is 0. The molecule has 3 rings (SSSR count). The van der Waals surface area contributed by atoms with Gasteiger partial charge in [-0.25, -0.2) is 0 Å². The largest absolute Gasteiger partial charge is 0.481 e. The van der Waals surface area contributed by atoms with E-state index in [9.17, 15) is 14.4 Å². The van der Waals surface area contributed by atoms with Crippen molar-refractivity contribution in [1.29, 1.82) is 0 Å². The Hall–Kier alpha value is -2.37. The van der Waals surface area contributed by atoms with Crippen molar-refractivity contribution in [3.8, 4) is 0 Å². The lowest BCUT2D eigenvalue weighted by atomic mass is 10.1. The van der Waals surface area contributed by atoms with Crippen molar-refractivity contribution in [1.82, 2.24) is 4.90 Å². The number of carbonyl (C=O) groups is 3. The molecule has 0 bridgehead atoms. The van der Waals surface area contributed by atoms with Crippen LogP contribution >= 0.6 is 0 Å². The minimum Gasteiger partial charge on any atom is -0.481 e. The zero-order valence-electron chi connectivity index (χ0n) is 14.0. The second-order valence-corrected chi connectivity index (χ2v) is 6.71. The molecule has 0 saturated carbocycles. The molecular formula is C18H22N2O4. The second-order valence-electron chi connectivity index (χ2n) is 6.71. The lowest BCUT2D eigenvalue weighted by Crippen LogP contribution is -2.39. The van der Waals surface area contributed by atoms with Gasteiger partial charge >= 0.3 is 5.97 Å². The lowest BCUT2D eigenvalue weighted by Gasteiger charge is -2.21. The molecule has 2 atom stereocenters. The van der Waals surface area contributed by atoms with Gasteiger partial charge in [-0.3, -0.25) is 14.4 Å². The van der Waals surface area contributed by atoms with Gasteiger partial charge in [0.2, 0.25) is 11.8 Å². The first-order chi connectivity index (χ1) is 11.4. The summed E-state index contributed by atoms with van der Waals surface area (Å²) in [5.74, 6) is -2.47. The average Bonchev–Trinajstić information content (AvgIpc) is 3.16. The predicted octanol–water partition coefficient (Wildman–Crippen LogP) is 1.59. The predicted molar refractivity (Wildman–Crippen MR) is 88.7 cm³/mol. The summed E-state index contributed by atoms with van der Waals surface area (Å²) >= 11 is 0. The molecule has 1 aromatic rings. The van der Waals surface area contributed by atoms with Gasteiger partial charge in [0.25, 0.3) is 0 Å². The first-order valence-electron chi connectivity index (χ1n) is 8.28. The Morgan fingerprint density at radius 2 is 1.88 bits per heavy atom. The summed E-state index contributed by atoms with van der Waals surface area (Å²) in [6.45, 7) is 5.17. The van der Waals surface area contributed by atoms with E-state index in [2.05, 4.69) is 0 Å². The fraction of sp³-hybridized carbons (Fsp3) is 0.500. The minimum absolute atomic E-state index is 0.179. The number of amides is 2. The number of aryl methyl sites for hydroxylation is 2. The van der Waals surface area contributed by atoms with Gasteiger partial charge in [-0.15, -0.1) is 0 Å². The molecule has 1 aromatic carbocycles. The van der Waals surface area contributed by atoms with Crippen LogP contribution in [0.2, 0.25) is 0 Å². The second kappa shape index (κ2) is 6.26. The topological polar surface area (TPSA) is 77.9 Å². The molecule has 0 aromatic heterocycles. The Balaban J connectivity index is 1.71. The maximum absolute atomic E-state index is 12.7. The number of nitrogens with zero attached hydrogens (tertiary/aromatic N) is 2. The van der Waals surface area contributed by atoms with Crippen LogP contribution in [0.5, 0.6) is 0 Å². The van der Waals surface area contributed by atoms with E-state index in [-0.39, 0.29) is 18.4 Å². The Kier molecular flexibility index (Phi) is 4.30. The zero-order chi connectivity index (χ0) is 17.4.